The van der Waals surface area contributed by atoms with Gasteiger partial charge in [0.25, 0.3) is 0 Å². The lowest BCUT2D eigenvalue weighted by atomic mass is 10.0. The fraction of sp³-hybridized carbons (Fsp3) is 0.462. The molecule has 0 bridgehead atoms. The molecule has 2 rings (SSSR count). The zero-order chi connectivity index (χ0) is 12.3. The summed E-state index contributed by atoms with van der Waals surface area (Å²) in [5.41, 5.74) is 1.43. The molecule has 18 heavy (non-hydrogen) atoms. The lowest BCUT2D eigenvalue weighted by Crippen LogP contribution is -2.43. The molecule has 1 amide bonds. The van der Waals surface area contributed by atoms with Gasteiger partial charge in [-0.25, -0.2) is 4.39 Å². The minimum Gasteiger partial charge on any atom is -0.324 e. The number of carbonyl (C=O) groups excluding carboxylic acids is 1. The Labute approximate surface area is 113 Å². The van der Waals surface area contributed by atoms with E-state index in [0.717, 1.165) is 31.4 Å². The fourth-order valence-corrected chi connectivity index (χ4v) is 2.02. The maximum Gasteiger partial charge on any atom is 0.241 e. The number of amides is 1. The molecule has 5 heteroatoms. The Kier molecular flexibility index (Phi) is 5.56. The number of hydrogen-bond acceptors (Lipinski definition) is 2. The third-order valence-electron chi connectivity index (χ3n) is 3.08. The van der Waals surface area contributed by atoms with Gasteiger partial charge in [0, 0.05) is 5.69 Å². The Morgan fingerprint density at radius 2 is 2.22 bits per heavy atom. The van der Waals surface area contributed by atoms with Crippen molar-refractivity contribution in [3.8, 4) is 0 Å². The molecule has 1 aromatic carbocycles. The van der Waals surface area contributed by atoms with Crippen molar-refractivity contribution in [2.75, 3.05) is 11.9 Å². The maximum absolute atomic E-state index is 13.1. The highest BCUT2D eigenvalue weighted by atomic mass is 35.5. The number of rotatable bonds is 2. The van der Waals surface area contributed by atoms with Gasteiger partial charge in [-0.1, -0.05) is 12.5 Å². The number of piperidine rings is 1. The van der Waals surface area contributed by atoms with E-state index in [2.05, 4.69) is 10.6 Å². The second-order valence-electron chi connectivity index (χ2n) is 4.45. The van der Waals surface area contributed by atoms with Gasteiger partial charge in [0.15, 0.2) is 0 Å². The third-order valence-corrected chi connectivity index (χ3v) is 3.08. The highest BCUT2D eigenvalue weighted by molar-refractivity contribution is 5.95. The SMILES string of the molecule is Cc1ccc(F)cc1NC(=O)[C@H]1CCCCN1.Cl. The van der Waals surface area contributed by atoms with Crippen LogP contribution in [0, 0.1) is 12.7 Å². The van der Waals surface area contributed by atoms with Gasteiger partial charge in [0.2, 0.25) is 5.91 Å². The Morgan fingerprint density at radius 1 is 1.44 bits per heavy atom. The molecule has 1 heterocycles. The first-order chi connectivity index (χ1) is 8.16. The van der Waals surface area contributed by atoms with Crippen molar-refractivity contribution in [1.82, 2.24) is 5.32 Å². The average Bonchev–Trinajstić information content (AvgIpc) is 2.35. The molecule has 2 N–H and O–H groups in total. The molecule has 0 aromatic heterocycles. The molecular weight excluding hydrogens is 255 g/mol. The minimum absolute atomic E-state index is 0. The van der Waals surface area contributed by atoms with Crippen LogP contribution < -0.4 is 10.6 Å². The number of nitrogens with one attached hydrogen (secondary N) is 2. The van der Waals surface area contributed by atoms with E-state index < -0.39 is 0 Å². The highest BCUT2D eigenvalue weighted by Crippen LogP contribution is 2.17. The second kappa shape index (κ2) is 6.71. The maximum atomic E-state index is 13.1. The van der Waals surface area contributed by atoms with Gasteiger partial charge in [-0.3, -0.25) is 4.79 Å². The van der Waals surface area contributed by atoms with Gasteiger partial charge in [0.1, 0.15) is 5.82 Å². The minimum atomic E-state index is -0.331. The van der Waals surface area contributed by atoms with Crippen LogP contribution in [0.4, 0.5) is 10.1 Å². The van der Waals surface area contributed by atoms with Gasteiger partial charge in [-0.2, -0.15) is 0 Å². The van der Waals surface area contributed by atoms with Gasteiger partial charge in [-0.15, -0.1) is 12.4 Å². The van der Waals surface area contributed by atoms with Crippen LogP contribution in [-0.2, 0) is 4.79 Å². The molecule has 1 aliphatic rings. The van der Waals surface area contributed by atoms with Crippen LogP contribution in [0.1, 0.15) is 24.8 Å². The quantitative estimate of drug-likeness (QED) is 0.869. The molecule has 0 aliphatic carbocycles. The Morgan fingerprint density at radius 3 is 2.89 bits per heavy atom. The number of benzene rings is 1. The van der Waals surface area contributed by atoms with Crippen molar-refractivity contribution in [2.45, 2.75) is 32.2 Å². The van der Waals surface area contributed by atoms with Gasteiger partial charge in [-0.05, 0) is 44.0 Å². The van der Waals surface area contributed by atoms with E-state index in [4.69, 9.17) is 0 Å². The third kappa shape index (κ3) is 3.68. The van der Waals surface area contributed by atoms with E-state index in [1.165, 1.54) is 12.1 Å². The summed E-state index contributed by atoms with van der Waals surface area (Å²) in [6.07, 6.45) is 3.02. The molecule has 0 saturated carbocycles. The molecule has 100 valence electrons. The topological polar surface area (TPSA) is 41.1 Å². The van der Waals surface area contributed by atoms with Gasteiger partial charge >= 0.3 is 0 Å². The molecular formula is C13H18ClFN2O. The standard InChI is InChI=1S/C13H17FN2O.ClH/c1-9-5-6-10(14)8-12(9)16-13(17)11-4-2-3-7-15-11;/h5-6,8,11,15H,2-4,7H2,1H3,(H,16,17);1H/t11-;/m1./s1. The predicted octanol–water partition coefficient (Wildman–Crippen LogP) is 2.64. The second-order valence-corrected chi connectivity index (χ2v) is 4.45. The molecule has 1 saturated heterocycles. The first-order valence-corrected chi connectivity index (χ1v) is 5.97. The Balaban J connectivity index is 0.00000162. The summed E-state index contributed by atoms with van der Waals surface area (Å²) >= 11 is 0. The molecule has 1 fully saturated rings. The number of aryl methyl sites for hydroxylation is 1. The van der Waals surface area contributed by atoms with Crippen LogP contribution >= 0.6 is 12.4 Å². The van der Waals surface area contributed by atoms with E-state index in [-0.39, 0.29) is 30.2 Å². The zero-order valence-electron chi connectivity index (χ0n) is 10.3. The summed E-state index contributed by atoms with van der Waals surface area (Å²) in [5.74, 6) is -0.402. The predicted molar refractivity (Wildman–Crippen MR) is 72.7 cm³/mol. The van der Waals surface area contributed by atoms with Crippen molar-refractivity contribution in [1.29, 1.82) is 0 Å². The van der Waals surface area contributed by atoms with Crippen molar-refractivity contribution < 1.29 is 9.18 Å². The first-order valence-electron chi connectivity index (χ1n) is 5.97. The van der Waals surface area contributed by atoms with Crippen molar-refractivity contribution in [2.24, 2.45) is 0 Å². The van der Waals surface area contributed by atoms with Gasteiger partial charge in [0.05, 0.1) is 6.04 Å². The molecule has 1 aliphatic heterocycles. The number of anilines is 1. The van der Waals surface area contributed by atoms with E-state index in [0.29, 0.717) is 5.69 Å². The fourth-order valence-electron chi connectivity index (χ4n) is 2.02. The van der Waals surface area contributed by atoms with Crippen LogP contribution in [-0.4, -0.2) is 18.5 Å². The molecule has 1 aromatic rings. The number of carbonyl (C=O) groups is 1. The van der Waals surface area contributed by atoms with Crippen LogP contribution in [0.3, 0.4) is 0 Å². The monoisotopic (exact) mass is 272 g/mol. The molecule has 0 radical (unpaired) electrons. The lowest BCUT2D eigenvalue weighted by molar-refractivity contribution is -0.118. The summed E-state index contributed by atoms with van der Waals surface area (Å²) in [7, 11) is 0. The van der Waals surface area contributed by atoms with Gasteiger partial charge < -0.3 is 10.6 Å². The molecule has 3 nitrogen and oxygen atoms in total. The summed E-state index contributed by atoms with van der Waals surface area (Å²) in [5, 5.41) is 5.95. The van der Waals surface area contributed by atoms with Crippen molar-refractivity contribution in [3.05, 3.63) is 29.6 Å². The first kappa shape index (κ1) is 14.9. The average molecular weight is 273 g/mol. The van der Waals surface area contributed by atoms with Crippen LogP contribution in [0.2, 0.25) is 0 Å². The summed E-state index contributed by atoms with van der Waals surface area (Å²) in [4.78, 5) is 11.9. The highest BCUT2D eigenvalue weighted by Gasteiger charge is 2.20. The number of hydrogen-bond donors (Lipinski definition) is 2. The zero-order valence-corrected chi connectivity index (χ0v) is 11.1. The van der Waals surface area contributed by atoms with Crippen molar-refractivity contribution in [3.63, 3.8) is 0 Å². The van der Waals surface area contributed by atoms with E-state index in [9.17, 15) is 9.18 Å². The normalized spacial score (nSPS) is 18.9. The molecule has 0 spiro atoms. The summed E-state index contributed by atoms with van der Waals surface area (Å²) in [6, 6.07) is 4.27. The van der Waals surface area contributed by atoms with E-state index in [1.807, 2.05) is 6.92 Å². The number of halogens is 2. The summed E-state index contributed by atoms with van der Waals surface area (Å²) < 4.78 is 13.1. The van der Waals surface area contributed by atoms with Crippen molar-refractivity contribution >= 4 is 24.0 Å². The van der Waals surface area contributed by atoms with E-state index in [1.54, 1.807) is 6.07 Å². The van der Waals surface area contributed by atoms with Crippen LogP contribution in [0.25, 0.3) is 0 Å². The van der Waals surface area contributed by atoms with Crippen LogP contribution in [0.5, 0.6) is 0 Å². The van der Waals surface area contributed by atoms with Crippen LogP contribution in [0.15, 0.2) is 18.2 Å². The van der Waals surface area contributed by atoms with E-state index >= 15 is 0 Å². The lowest BCUT2D eigenvalue weighted by Gasteiger charge is -2.22. The largest absolute Gasteiger partial charge is 0.324 e. The Bertz CT molecular complexity index is 419. The summed E-state index contributed by atoms with van der Waals surface area (Å²) in [6.45, 7) is 2.73. The Hall–Kier alpha value is -1.13. The molecule has 0 unspecified atom stereocenters. The molecule has 1 atom stereocenters. The smallest absolute Gasteiger partial charge is 0.241 e.